The van der Waals surface area contributed by atoms with Crippen LogP contribution in [0.15, 0.2) is 67.0 Å². The van der Waals surface area contributed by atoms with E-state index in [1.54, 1.807) is 36.7 Å². The molecule has 3 heterocycles. The fourth-order valence-corrected chi connectivity index (χ4v) is 3.33. The number of hydrogen-bond donors (Lipinski definition) is 1. The molecule has 4 rings (SSSR count). The van der Waals surface area contributed by atoms with Crippen molar-refractivity contribution in [2.45, 2.75) is 6.54 Å². The molecule has 1 saturated heterocycles. The molecule has 29 heavy (non-hydrogen) atoms. The zero-order valence-electron chi connectivity index (χ0n) is 16.0. The second-order valence-electron chi connectivity index (χ2n) is 6.84. The summed E-state index contributed by atoms with van der Waals surface area (Å²) in [5.74, 6) is 1.23. The van der Waals surface area contributed by atoms with Crippen molar-refractivity contribution in [3.8, 4) is 0 Å². The number of rotatable bonds is 5. The first-order valence-corrected chi connectivity index (χ1v) is 9.59. The third-order valence-corrected chi connectivity index (χ3v) is 4.98. The summed E-state index contributed by atoms with van der Waals surface area (Å²) in [5, 5.41) is 2.73. The number of halogens is 1. The van der Waals surface area contributed by atoms with Crippen LogP contribution in [-0.4, -0.2) is 42.1 Å². The van der Waals surface area contributed by atoms with Gasteiger partial charge in [-0.25, -0.2) is 14.4 Å². The molecular formula is C22H22FN5O. The second kappa shape index (κ2) is 8.68. The Morgan fingerprint density at radius 1 is 0.897 bits per heavy atom. The van der Waals surface area contributed by atoms with Gasteiger partial charge in [0, 0.05) is 50.7 Å². The first kappa shape index (κ1) is 18.9. The Balaban J connectivity index is 1.32. The van der Waals surface area contributed by atoms with Crippen LogP contribution in [0.25, 0.3) is 0 Å². The van der Waals surface area contributed by atoms with Crippen molar-refractivity contribution in [1.29, 1.82) is 0 Å². The molecule has 1 amide bonds. The largest absolute Gasteiger partial charge is 0.353 e. The Labute approximate surface area is 169 Å². The van der Waals surface area contributed by atoms with Gasteiger partial charge in [-0.05, 0) is 30.3 Å². The van der Waals surface area contributed by atoms with Crippen molar-refractivity contribution in [3.05, 3.63) is 83.9 Å². The SMILES string of the molecule is O=C(NCc1ccccc1F)c1ccc(N2CCN(c3ccccn3)CC2)nc1. The third kappa shape index (κ3) is 4.51. The van der Waals surface area contributed by atoms with E-state index in [0.717, 1.165) is 37.8 Å². The number of hydrogen-bond acceptors (Lipinski definition) is 5. The lowest BCUT2D eigenvalue weighted by Gasteiger charge is -2.36. The van der Waals surface area contributed by atoms with E-state index in [4.69, 9.17) is 0 Å². The molecule has 0 radical (unpaired) electrons. The van der Waals surface area contributed by atoms with Gasteiger partial charge in [0.1, 0.15) is 17.5 Å². The highest BCUT2D eigenvalue weighted by Crippen LogP contribution is 2.17. The van der Waals surface area contributed by atoms with Crippen molar-refractivity contribution >= 4 is 17.5 Å². The molecule has 148 valence electrons. The molecule has 0 atom stereocenters. The van der Waals surface area contributed by atoms with Crippen molar-refractivity contribution in [2.24, 2.45) is 0 Å². The Bertz CT molecular complexity index is 956. The summed E-state index contributed by atoms with van der Waals surface area (Å²) >= 11 is 0. The minimum Gasteiger partial charge on any atom is -0.353 e. The maximum absolute atomic E-state index is 13.7. The first-order valence-electron chi connectivity index (χ1n) is 9.59. The molecule has 3 aromatic rings. The first-order chi connectivity index (χ1) is 14.2. The van der Waals surface area contributed by atoms with Gasteiger partial charge in [-0.1, -0.05) is 24.3 Å². The van der Waals surface area contributed by atoms with E-state index in [9.17, 15) is 9.18 Å². The van der Waals surface area contributed by atoms with Crippen LogP contribution < -0.4 is 15.1 Å². The maximum atomic E-state index is 13.7. The number of pyridine rings is 2. The van der Waals surface area contributed by atoms with E-state index in [1.165, 1.54) is 6.07 Å². The number of benzene rings is 1. The predicted octanol–water partition coefficient (Wildman–Crippen LogP) is 2.87. The van der Waals surface area contributed by atoms with E-state index in [0.29, 0.717) is 11.1 Å². The van der Waals surface area contributed by atoms with Crippen LogP contribution in [0.2, 0.25) is 0 Å². The van der Waals surface area contributed by atoms with Crippen molar-refractivity contribution in [2.75, 3.05) is 36.0 Å². The van der Waals surface area contributed by atoms with Gasteiger partial charge in [-0.3, -0.25) is 4.79 Å². The lowest BCUT2D eigenvalue weighted by molar-refractivity contribution is 0.0950. The highest BCUT2D eigenvalue weighted by Gasteiger charge is 2.19. The molecule has 2 aromatic heterocycles. The molecule has 0 bridgehead atoms. The molecule has 1 aliphatic heterocycles. The van der Waals surface area contributed by atoms with E-state index in [1.807, 2.05) is 24.3 Å². The fraction of sp³-hybridized carbons (Fsp3) is 0.227. The van der Waals surface area contributed by atoms with E-state index in [2.05, 4.69) is 25.1 Å². The summed E-state index contributed by atoms with van der Waals surface area (Å²) in [7, 11) is 0. The summed E-state index contributed by atoms with van der Waals surface area (Å²) in [6, 6.07) is 15.9. The van der Waals surface area contributed by atoms with Crippen LogP contribution in [0.1, 0.15) is 15.9 Å². The number of amides is 1. The van der Waals surface area contributed by atoms with Gasteiger partial charge in [0.15, 0.2) is 0 Å². The van der Waals surface area contributed by atoms with Gasteiger partial charge in [-0.15, -0.1) is 0 Å². The Morgan fingerprint density at radius 2 is 1.59 bits per heavy atom. The standard InChI is InChI=1S/C22H22FN5O/c23-19-6-2-1-5-17(19)15-26-22(29)18-8-9-21(25-16-18)28-13-11-27(12-14-28)20-7-3-4-10-24-20/h1-10,16H,11-15H2,(H,26,29). The lowest BCUT2D eigenvalue weighted by Crippen LogP contribution is -2.47. The van der Waals surface area contributed by atoms with Gasteiger partial charge >= 0.3 is 0 Å². The summed E-state index contributed by atoms with van der Waals surface area (Å²) in [6.07, 6.45) is 3.37. The molecule has 7 heteroatoms. The van der Waals surface area contributed by atoms with Gasteiger partial charge in [-0.2, -0.15) is 0 Å². The number of carbonyl (C=O) groups is 1. The second-order valence-corrected chi connectivity index (χ2v) is 6.84. The zero-order valence-corrected chi connectivity index (χ0v) is 16.0. The van der Waals surface area contributed by atoms with Crippen LogP contribution in [0.4, 0.5) is 16.0 Å². The number of carbonyl (C=O) groups excluding carboxylic acids is 1. The minimum atomic E-state index is -0.328. The number of anilines is 2. The molecule has 0 spiro atoms. The quantitative estimate of drug-likeness (QED) is 0.725. The van der Waals surface area contributed by atoms with Gasteiger partial charge < -0.3 is 15.1 Å². The van der Waals surface area contributed by atoms with Crippen LogP contribution in [0, 0.1) is 5.82 Å². The normalized spacial score (nSPS) is 14.0. The molecule has 1 aromatic carbocycles. The number of aromatic nitrogens is 2. The lowest BCUT2D eigenvalue weighted by atomic mass is 10.2. The molecule has 6 nitrogen and oxygen atoms in total. The number of piperazine rings is 1. The molecule has 1 aliphatic rings. The number of nitrogens with one attached hydrogen (secondary N) is 1. The molecule has 0 saturated carbocycles. The van der Waals surface area contributed by atoms with Crippen LogP contribution in [-0.2, 0) is 6.54 Å². The van der Waals surface area contributed by atoms with E-state index in [-0.39, 0.29) is 18.3 Å². The minimum absolute atomic E-state index is 0.142. The fourth-order valence-electron chi connectivity index (χ4n) is 3.33. The van der Waals surface area contributed by atoms with Crippen molar-refractivity contribution in [3.63, 3.8) is 0 Å². The molecular weight excluding hydrogens is 369 g/mol. The smallest absolute Gasteiger partial charge is 0.253 e. The molecule has 0 unspecified atom stereocenters. The predicted molar refractivity (Wildman–Crippen MR) is 110 cm³/mol. The van der Waals surface area contributed by atoms with Crippen molar-refractivity contribution < 1.29 is 9.18 Å². The zero-order chi connectivity index (χ0) is 20.1. The number of nitrogens with zero attached hydrogens (tertiary/aromatic N) is 4. The highest BCUT2D eigenvalue weighted by atomic mass is 19.1. The summed E-state index contributed by atoms with van der Waals surface area (Å²) in [5.41, 5.74) is 0.911. The highest BCUT2D eigenvalue weighted by molar-refractivity contribution is 5.94. The van der Waals surface area contributed by atoms with Crippen LogP contribution in [0.3, 0.4) is 0 Å². The van der Waals surface area contributed by atoms with Crippen LogP contribution in [0.5, 0.6) is 0 Å². The summed E-state index contributed by atoms with van der Waals surface area (Å²) < 4.78 is 13.7. The van der Waals surface area contributed by atoms with Gasteiger partial charge in [0.05, 0.1) is 5.56 Å². The van der Waals surface area contributed by atoms with Crippen LogP contribution >= 0.6 is 0 Å². The van der Waals surface area contributed by atoms with Gasteiger partial charge in [0.25, 0.3) is 5.91 Å². The van der Waals surface area contributed by atoms with Crippen molar-refractivity contribution in [1.82, 2.24) is 15.3 Å². The average molecular weight is 391 g/mol. The van der Waals surface area contributed by atoms with E-state index >= 15 is 0 Å². The molecule has 1 N–H and O–H groups in total. The topological polar surface area (TPSA) is 61.4 Å². The average Bonchev–Trinajstić information content (AvgIpc) is 2.79. The Morgan fingerprint density at radius 3 is 2.21 bits per heavy atom. The Kier molecular flexibility index (Phi) is 5.65. The molecule has 0 aliphatic carbocycles. The summed E-state index contributed by atoms with van der Waals surface area (Å²) in [6.45, 7) is 3.54. The van der Waals surface area contributed by atoms with E-state index < -0.39 is 0 Å². The monoisotopic (exact) mass is 391 g/mol. The third-order valence-electron chi connectivity index (χ3n) is 4.98. The maximum Gasteiger partial charge on any atom is 0.253 e. The summed E-state index contributed by atoms with van der Waals surface area (Å²) in [4.78, 5) is 25.6. The van der Waals surface area contributed by atoms with Gasteiger partial charge in [0.2, 0.25) is 0 Å². The Hall–Kier alpha value is -3.48. The molecule has 1 fully saturated rings.